The van der Waals surface area contributed by atoms with Gasteiger partial charge in [-0.1, -0.05) is 12.1 Å². The van der Waals surface area contributed by atoms with Gasteiger partial charge in [-0.2, -0.15) is 5.10 Å². The number of rotatable bonds is 8. The number of nitrogens with zero attached hydrogens (tertiary/aromatic N) is 1. The summed E-state index contributed by atoms with van der Waals surface area (Å²) >= 11 is 0. The van der Waals surface area contributed by atoms with Crippen LogP contribution < -0.4 is 20.0 Å². The minimum absolute atomic E-state index is 0.141. The number of hydrazone groups is 1. The lowest BCUT2D eigenvalue weighted by molar-refractivity contribution is -0.307. The van der Waals surface area contributed by atoms with E-state index in [1.165, 1.54) is 6.21 Å². The molecular weight excluding hydrogens is 336 g/mol. The van der Waals surface area contributed by atoms with Crippen LogP contribution in [-0.4, -0.2) is 31.3 Å². The fourth-order valence-corrected chi connectivity index (χ4v) is 2.01. The normalized spacial score (nSPS) is 10.5. The Morgan fingerprint density at radius 1 is 1.08 bits per heavy atom. The van der Waals surface area contributed by atoms with Gasteiger partial charge in [0.05, 0.1) is 12.2 Å². The number of carbonyl (C=O) groups excluding carboxylic acids is 2. The zero-order chi connectivity index (χ0) is 18.9. The van der Waals surface area contributed by atoms with E-state index in [4.69, 9.17) is 9.47 Å². The summed E-state index contributed by atoms with van der Waals surface area (Å²) in [5, 5.41) is 14.2. The lowest BCUT2D eigenvalue weighted by Crippen LogP contribution is -2.28. The molecule has 0 spiro atoms. The van der Waals surface area contributed by atoms with Crippen molar-refractivity contribution in [3.05, 3.63) is 59.2 Å². The minimum atomic E-state index is -1.29. The lowest BCUT2D eigenvalue weighted by atomic mass is 10.1. The Balaban J connectivity index is 1.79. The summed E-state index contributed by atoms with van der Waals surface area (Å²) in [7, 11) is 0. The maximum Gasteiger partial charge on any atom is 0.277 e. The van der Waals surface area contributed by atoms with E-state index in [0.29, 0.717) is 17.1 Å². The van der Waals surface area contributed by atoms with Gasteiger partial charge in [-0.3, -0.25) is 4.79 Å². The molecule has 7 heteroatoms. The average molecular weight is 355 g/mol. The molecule has 136 valence electrons. The van der Waals surface area contributed by atoms with Gasteiger partial charge in [-0.05, 0) is 60.9 Å². The summed E-state index contributed by atoms with van der Waals surface area (Å²) < 4.78 is 10.5. The zero-order valence-electron chi connectivity index (χ0n) is 14.5. The molecule has 0 unspecified atom stereocenters. The van der Waals surface area contributed by atoms with E-state index < -0.39 is 12.6 Å². The first-order valence-corrected chi connectivity index (χ1v) is 7.88. The van der Waals surface area contributed by atoms with Crippen molar-refractivity contribution in [2.75, 3.05) is 13.2 Å². The molecule has 0 atom stereocenters. The number of hydrogen-bond acceptors (Lipinski definition) is 6. The van der Waals surface area contributed by atoms with Gasteiger partial charge in [-0.25, -0.2) is 5.43 Å². The highest BCUT2D eigenvalue weighted by Gasteiger charge is 2.04. The van der Waals surface area contributed by atoms with E-state index in [1.54, 1.807) is 24.3 Å². The van der Waals surface area contributed by atoms with E-state index in [2.05, 4.69) is 10.5 Å². The van der Waals surface area contributed by atoms with Crippen LogP contribution in [0.2, 0.25) is 0 Å². The molecule has 0 heterocycles. The van der Waals surface area contributed by atoms with Crippen LogP contribution in [0.5, 0.6) is 11.5 Å². The number of amides is 1. The second kappa shape index (κ2) is 9.22. The number of hydrogen-bond donors (Lipinski definition) is 1. The van der Waals surface area contributed by atoms with Crippen molar-refractivity contribution >= 4 is 18.1 Å². The fourth-order valence-electron chi connectivity index (χ4n) is 2.01. The number of benzene rings is 2. The Morgan fingerprint density at radius 2 is 1.81 bits per heavy atom. The Labute approximate surface area is 151 Å². The maximum absolute atomic E-state index is 11.8. The van der Waals surface area contributed by atoms with Crippen LogP contribution >= 0.6 is 0 Å². The molecule has 0 bridgehead atoms. The molecule has 0 aliphatic heterocycles. The number of nitrogens with one attached hydrogen (secondary N) is 1. The molecule has 1 N–H and O–H groups in total. The standard InChI is InChI=1S/C19H20N2O5/c1-13-3-4-14(2)17(9-13)26-11-18(22)21-20-10-15-5-7-16(8-6-15)25-12-19(23)24/h3-10H,11-12H2,1-2H3,(H,21,22)(H,23,24)/p-1/b20-10-. The number of aliphatic carboxylic acids is 1. The minimum Gasteiger partial charge on any atom is -0.546 e. The van der Waals surface area contributed by atoms with E-state index in [-0.39, 0.29) is 12.5 Å². The van der Waals surface area contributed by atoms with Crippen molar-refractivity contribution in [3.8, 4) is 11.5 Å². The van der Waals surface area contributed by atoms with E-state index in [1.807, 2.05) is 32.0 Å². The summed E-state index contributed by atoms with van der Waals surface area (Å²) in [6.07, 6.45) is 1.46. The van der Waals surface area contributed by atoms with Gasteiger partial charge in [0.2, 0.25) is 0 Å². The molecular formula is C19H19N2O5-. The van der Waals surface area contributed by atoms with Gasteiger partial charge < -0.3 is 19.4 Å². The summed E-state index contributed by atoms with van der Waals surface area (Å²) in [6.45, 7) is 3.21. The predicted octanol–water partition coefficient (Wildman–Crippen LogP) is 0.961. The summed E-state index contributed by atoms with van der Waals surface area (Å²) in [4.78, 5) is 22.1. The first-order valence-electron chi connectivity index (χ1n) is 7.88. The number of carbonyl (C=O) groups is 2. The first-order chi connectivity index (χ1) is 12.4. The number of ether oxygens (including phenoxy) is 2. The number of carboxylic acids is 1. The Morgan fingerprint density at radius 3 is 2.50 bits per heavy atom. The van der Waals surface area contributed by atoms with Gasteiger partial charge >= 0.3 is 0 Å². The van der Waals surface area contributed by atoms with Gasteiger partial charge in [0.1, 0.15) is 18.1 Å². The third-order valence-corrected chi connectivity index (χ3v) is 3.34. The van der Waals surface area contributed by atoms with Crippen LogP contribution in [0.4, 0.5) is 0 Å². The molecule has 0 saturated heterocycles. The molecule has 0 aliphatic carbocycles. The van der Waals surface area contributed by atoms with Crippen LogP contribution in [0.25, 0.3) is 0 Å². The van der Waals surface area contributed by atoms with Gasteiger partial charge in [0.15, 0.2) is 6.61 Å². The monoisotopic (exact) mass is 355 g/mol. The largest absolute Gasteiger partial charge is 0.546 e. The quantitative estimate of drug-likeness (QED) is 0.562. The second-order valence-corrected chi connectivity index (χ2v) is 5.58. The smallest absolute Gasteiger partial charge is 0.277 e. The topological polar surface area (TPSA) is 100 Å². The van der Waals surface area contributed by atoms with Crippen molar-refractivity contribution in [1.82, 2.24) is 5.43 Å². The highest BCUT2D eigenvalue weighted by molar-refractivity contribution is 5.83. The molecule has 0 saturated carbocycles. The molecule has 1 amide bonds. The van der Waals surface area contributed by atoms with Crippen molar-refractivity contribution in [2.24, 2.45) is 5.10 Å². The Hall–Kier alpha value is -3.35. The molecule has 0 radical (unpaired) electrons. The highest BCUT2D eigenvalue weighted by Crippen LogP contribution is 2.18. The third kappa shape index (κ3) is 6.27. The molecule has 7 nitrogen and oxygen atoms in total. The number of aryl methyl sites for hydroxylation is 2. The highest BCUT2D eigenvalue weighted by atomic mass is 16.5. The Bertz CT molecular complexity index is 800. The van der Waals surface area contributed by atoms with Gasteiger partial charge in [0, 0.05) is 0 Å². The molecule has 2 aromatic carbocycles. The van der Waals surface area contributed by atoms with E-state index >= 15 is 0 Å². The van der Waals surface area contributed by atoms with Crippen LogP contribution in [0, 0.1) is 13.8 Å². The lowest BCUT2D eigenvalue weighted by Gasteiger charge is -2.08. The summed E-state index contributed by atoms with van der Waals surface area (Å²) in [6, 6.07) is 12.3. The van der Waals surface area contributed by atoms with Crippen molar-refractivity contribution in [1.29, 1.82) is 0 Å². The van der Waals surface area contributed by atoms with E-state index in [0.717, 1.165) is 11.1 Å². The molecule has 0 aromatic heterocycles. The zero-order valence-corrected chi connectivity index (χ0v) is 14.5. The van der Waals surface area contributed by atoms with Gasteiger partial charge in [0.25, 0.3) is 5.91 Å². The summed E-state index contributed by atoms with van der Waals surface area (Å²) in [5.41, 5.74) is 5.09. The number of carboxylic acid groups (broad SMARTS) is 1. The molecule has 26 heavy (non-hydrogen) atoms. The third-order valence-electron chi connectivity index (χ3n) is 3.34. The van der Waals surface area contributed by atoms with Crippen molar-refractivity contribution < 1.29 is 24.2 Å². The second-order valence-electron chi connectivity index (χ2n) is 5.58. The first kappa shape index (κ1) is 19.0. The Kier molecular flexibility index (Phi) is 6.73. The summed E-state index contributed by atoms with van der Waals surface area (Å²) in [5.74, 6) is -0.605. The SMILES string of the molecule is Cc1ccc(C)c(OCC(=O)N/N=C\c2ccc(OCC(=O)[O-])cc2)c1. The van der Waals surface area contributed by atoms with Crippen LogP contribution in [0.15, 0.2) is 47.6 Å². The van der Waals surface area contributed by atoms with Gasteiger partial charge in [-0.15, -0.1) is 0 Å². The van der Waals surface area contributed by atoms with Crippen molar-refractivity contribution in [3.63, 3.8) is 0 Å². The fraction of sp³-hybridized carbons (Fsp3) is 0.211. The van der Waals surface area contributed by atoms with Crippen molar-refractivity contribution in [2.45, 2.75) is 13.8 Å². The maximum atomic E-state index is 11.8. The molecule has 2 aromatic rings. The average Bonchev–Trinajstić information content (AvgIpc) is 2.61. The van der Waals surface area contributed by atoms with Crippen LogP contribution in [-0.2, 0) is 9.59 Å². The van der Waals surface area contributed by atoms with Crippen LogP contribution in [0.1, 0.15) is 16.7 Å². The molecule has 0 aliphatic rings. The van der Waals surface area contributed by atoms with E-state index in [9.17, 15) is 14.7 Å². The molecule has 0 fully saturated rings. The van der Waals surface area contributed by atoms with Crippen LogP contribution in [0.3, 0.4) is 0 Å². The molecule has 2 rings (SSSR count). The predicted molar refractivity (Wildman–Crippen MR) is 94.1 cm³/mol.